The summed E-state index contributed by atoms with van der Waals surface area (Å²) in [6, 6.07) is 20.9. The maximum atomic E-state index is 14.5. The van der Waals surface area contributed by atoms with Gasteiger partial charge in [0, 0.05) is 43.5 Å². The maximum absolute atomic E-state index is 14.5. The lowest BCUT2D eigenvalue weighted by molar-refractivity contribution is -0.384. The summed E-state index contributed by atoms with van der Waals surface area (Å²) in [5, 5.41) is 13.5. The number of non-ortho nitro benzene ring substituents is 1. The van der Waals surface area contributed by atoms with Crippen LogP contribution in [0.4, 0.5) is 10.1 Å². The van der Waals surface area contributed by atoms with Crippen molar-refractivity contribution in [2.75, 3.05) is 12.8 Å². The molecule has 1 atom stereocenters. The van der Waals surface area contributed by atoms with Gasteiger partial charge in [0.05, 0.1) is 10.7 Å². The lowest BCUT2D eigenvalue weighted by Gasteiger charge is -2.31. The van der Waals surface area contributed by atoms with Crippen LogP contribution in [0, 0.1) is 15.9 Å². The van der Waals surface area contributed by atoms with Gasteiger partial charge in [0.1, 0.15) is 11.9 Å². The Balaban J connectivity index is 1.78. The van der Waals surface area contributed by atoms with Crippen molar-refractivity contribution in [3.8, 4) is 0 Å². The van der Waals surface area contributed by atoms with E-state index in [0.717, 1.165) is 11.1 Å². The third-order valence-electron chi connectivity index (χ3n) is 5.46. The first-order valence-electron chi connectivity index (χ1n) is 11.0. The molecule has 3 aromatic carbocycles. The number of hydrogen-bond acceptors (Lipinski definition) is 5. The van der Waals surface area contributed by atoms with Crippen molar-refractivity contribution in [1.82, 2.24) is 10.2 Å². The van der Waals surface area contributed by atoms with Crippen molar-refractivity contribution >= 4 is 29.3 Å². The third-order valence-corrected chi connectivity index (χ3v) is 6.45. The van der Waals surface area contributed by atoms with Gasteiger partial charge in [0.2, 0.25) is 11.8 Å². The number of amides is 2. The van der Waals surface area contributed by atoms with Gasteiger partial charge in [0.25, 0.3) is 5.69 Å². The van der Waals surface area contributed by atoms with Crippen LogP contribution < -0.4 is 5.32 Å². The summed E-state index contributed by atoms with van der Waals surface area (Å²) in [4.78, 5) is 38.0. The van der Waals surface area contributed by atoms with Crippen LogP contribution in [-0.4, -0.2) is 40.5 Å². The van der Waals surface area contributed by atoms with Gasteiger partial charge in [-0.2, -0.15) is 0 Å². The smallest absolute Gasteiger partial charge is 0.269 e. The number of nitrogens with one attached hydrogen (secondary N) is 1. The summed E-state index contributed by atoms with van der Waals surface area (Å²) in [5.74, 6) is -0.559. The van der Waals surface area contributed by atoms with Crippen LogP contribution in [0.5, 0.6) is 0 Å². The van der Waals surface area contributed by atoms with Crippen LogP contribution in [-0.2, 0) is 28.3 Å². The Morgan fingerprint density at radius 1 is 1.00 bits per heavy atom. The van der Waals surface area contributed by atoms with Crippen LogP contribution >= 0.6 is 11.8 Å². The predicted octanol–water partition coefficient (Wildman–Crippen LogP) is 4.35. The van der Waals surface area contributed by atoms with Gasteiger partial charge in [-0.15, -0.1) is 11.8 Å². The van der Waals surface area contributed by atoms with E-state index in [1.54, 1.807) is 30.3 Å². The zero-order chi connectivity index (χ0) is 25.2. The topological polar surface area (TPSA) is 92.6 Å². The summed E-state index contributed by atoms with van der Waals surface area (Å²) >= 11 is 1.33. The number of carbonyl (C=O) groups is 2. The largest absolute Gasteiger partial charge is 0.357 e. The first-order chi connectivity index (χ1) is 16.9. The van der Waals surface area contributed by atoms with Gasteiger partial charge in [-0.1, -0.05) is 60.7 Å². The molecule has 2 amide bonds. The van der Waals surface area contributed by atoms with E-state index in [9.17, 15) is 24.1 Å². The second kappa shape index (κ2) is 12.7. The van der Waals surface area contributed by atoms with Crippen LogP contribution in [0.2, 0.25) is 0 Å². The molecule has 0 aromatic heterocycles. The molecule has 0 spiro atoms. The van der Waals surface area contributed by atoms with Gasteiger partial charge in [0.15, 0.2) is 0 Å². The molecular formula is C26H26FN3O4S. The van der Waals surface area contributed by atoms with Crippen molar-refractivity contribution in [3.63, 3.8) is 0 Å². The average Bonchev–Trinajstić information content (AvgIpc) is 2.87. The lowest BCUT2D eigenvalue weighted by atomic mass is 10.0. The molecule has 9 heteroatoms. The Bertz CT molecular complexity index is 1160. The van der Waals surface area contributed by atoms with Crippen LogP contribution in [0.1, 0.15) is 16.7 Å². The number of hydrogen-bond donors (Lipinski definition) is 1. The van der Waals surface area contributed by atoms with Crippen LogP contribution in [0.15, 0.2) is 78.9 Å². The lowest BCUT2D eigenvalue weighted by Crippen LogP contribution is -2.50. The Kier molecular flexibility index (Phi) is 9.37. The highest BCUT2D eigenvalue weighted by Gasteiger charge is 2.30. The van der Waals surface area contributed by atoms with Crippen molar-refractivity contribution < 1.29 is 18.9 Å². The molecule has 0 unspecified atom stereocenters. The quantitative estimate of drug-likeness (QED) is 0.315. The molecule has 0 radical (unpaired) electrons. The fourth-order valence-electron chi connectivity index (χ4n) is 3.58. The highest BCUT2D eigenvalue weighted by molar-refractivity contribution is 7.99. The number of carbonyl (C=O) groups excluding carboxylic acids is 2. The van der Waals surface area contributed by atoms with Gasteiger partial charge >= 0.3 is 0 Å². The second-order valence-corrected chi connectivity index (χ2v) is 8.83. The molecule has 0 fully saturated rings. The Morgan fingerprint density at radius 3 is 2.29 bits per heavy atom. The molecule has 3 aromatic rings. The Labute approximate surface area is 207 Å². The molecule has 1 N–H and O–H groups in total. The molecule has 0 saturated heterocycles. The average molecular weight is 496 g/mol. The van der Waals surface area contributed by atoms with Gasteiger partial charge in [-0.05, 0) is 17.2 Å². The van der Waals surface area contributed by atoms with Crippen LogP contribution in [0.25, 0.3) is 0 Å². The predicted molar refractivity (Wildman–Crippen MR) is 134 cm³/mol. The van der Waals surface area contributed by atoms with E-state index >= 15 is 0 Å². The number of halogens is 1. The van der Waals surface area contributed by atoms with Gasteiger partial charge in [-0.25, -0.2) is 4.39 Å². The molecule has 35 heavy (non-hydrogen) atoms. The minimum Gasteiger partial charge on any atom is -0.357 e. The zero-order valence-electron chi connectivity index (χ0n) is 19.2. The van der Waals surface area contributed by atoms with E-state index in [0.29, 0.717) is 11.3 Å². The first-order valence-corrected chi connectivity index (χ1v) is 12.1. The van der Waals surface area contributed by atoms with E-state index in [4.69, 9.17) is 0 Å². The molecular weight excluding hydrogens is 469 g/mol. The van der Waals surface area contributed by atoms with Gasteiger partial charge in [-0.3, -0.25) is 19.7 Å². The number of likely N-dealkylation sites (N-methyl/N-ethyl adjacent to an activating group) is 1. The minimum atomic E-state index is -0.825. The second-order valence-electron chi connectivity index (χ2n) is 7.85. The number of rotatable bonds is 11. The number of nitro groups is 1. The summed E-state index contributed by atoms with van der Waals surface area (Å²) in [7, 11) is 1.51. The summed E-state index contributed by atoms with van der Waals surface area (Å²) in [6.07, 6.45) is 0.285. The molecule has 7 nitrogen and oxygen atoms in total. The number of nitro benzene ring substituents is 1. The number of thioether (sulfide) groups is 1. The molecule has 0 saturated carbocycles. The molecule has 3 rings (SSSR count). The normalized spacial score (nSPS) is 11.5. The maximum Gasteiger partial charge on any atom is 0.269 e. The molecule has 0 aliphatic carbocycles. The fourth-order valence-corrected chi connectivity index (χ4v) is 4.45. The molecule has 0 heterocycles. The minimum absolute atomic E-state index is 0.000205. The van der Waals surface area contributed by atoms with Crippen LogP contribution in [0.3, 0.4) is 0 Å². The van der Waals surface area contributed by atoms with E-state index in [-0.39, 0.29) is 36.2 Å². The SMILES string of the molecule is CNC(=O)[C@H](Cc1ccccc1)N(Cc1ccccc1F)C(=O)CSCc1ccc([N+](=O)[O-])cc1. The summed E-state index contributed by atoms with van der Waals surface area (Å²) in [6.45, 7) is -0.0471. The molecule has 0 bridgehead atoms. The van der Waals surface area contributed by atoms with E-state index in [1.165, 1.54) is 41.9 Å². The van der Waals surface area contributed by atoms with E-state index < -0.39 is 16.8 Å². The van der Waals surface area contributed by atoms with Gasteiger partial charge < -0.3 is 10.2 Å². The van der Waals surface area contributed by atoms with Crippen molar-refractivity contribution in [3.05, 3.63) is 111 Å². The molecule has 0 aliphatic heterocycles. The summed E-state index contributed by atoms with van der Waals surface area (Å²) in [5.41, 5.74) is 2.04. The fraction of sp³-hybridized carbons (Fsp3) is 0.231. The van der Waals surface area contributed by atoms with E-state index in [2.05, 4.69) is 5.32 Å². The van der Waals surface area contributed by atoms with Crippen molar-refractivity contribution in [2.24, 2.45) is 0 Å². The standard InChI is InChI=1S/C26H26FN3O4S/c1-28-26(32)24(15-19-7-3-2-4-8-19)29(16-21-9-5-6-10-23(21)27)25(31)18-35-17-20-11-13-22(14-12-20)30(33)34/h2-14,24H,15-18H2,1H3,(H,28,32)/t24-/m0/s1. The summed E-state index contributed by atoms with van der Waals surface area (Å²) < 4.78 is 14.5. The first kappa shape index (κ1) is 25.9. The molecule has 0 aliphatic rings. The highest BCUT2D eigenvalue weighted by Crippen LogP contribution is 2.20. The van der Waals surface area contributed by atoms with E-state index in [1.807, 2.05) is 30.3 Å². The van der Waals surface area contributed by atoms with Crippen molar-refractivity contribution in [1.29, 1.82) is 0 Å². The Morgan fingerprint density at radius 2 is 1.66 bits per heavy atom. The third kappa shape index (κ3) is 7.38. The monoisotopic (exact) mass is 495 g/mol. The van der Waals surface area contributed by atoms with Crippen molar-refractivity contribution in [2.45, 2.75) is 24.8 Å². The number of nitrogens with zero attached hydrogens (tertiary/aromatic N) is 2. The Hall–Kier alpha value is -3.72. The zero-order valence-corrected chi connectivity index (χ0v) is 20.0. The highest BCUT2D eigenvalue weighted by atomic mass is 32.2. The number of benzene rings is 3. The molecule has 182 valence electrons.